The van der Waals surface area contributed by atoms with Gasteiger partial charge < -0.3 is 5.11 Å². The fourth-order valence-corrected chi connectivity index (χ4v) is 1.21. The molecular weight excluding hydrogens is 166 g/mol. The molecule has 0 fully saturated rings. The third kappa shape index (κ3) is 2.07. The van der Waals surface area contributed by atoms with Crippen molar-refractivity contribution in [2.45, 2.75) is 32.4 Å². The maximum absolute atomic E-state index is 9.56. The van der Waals surface area contributed by atoms with Gasteiger partial charge in [-0.25, -0.2) is 0 Å². The lowest BCUT2D eigenvalue weighted by Gasteiger charge is -2.13. The first-order valence-electron chi connectivity index (χ1n) is 4.25. The van der Waals surface area contributed by atoms with Gasteiger partial charge in [-0.3, -0.25) is 4.68 Å². The molecule has 13 heavy (non-hydrogen) atoms. The highest BCUT2D eigenvalue weighted by Gasteiger charge is 2.13. The number of hydrogen-bond acceptors (Lipinski definition) is 3. The van der Waals surface area contributed by atoms with Gasteiger partial charge in [0, 0.05) is 12.2 Å². The van der Waals surface area contributed by atoms with E-state index in [0.717, 1.165) is 0 Å². The van der Waals surface area contributed by atoms with Crippen LogP contribution in [0.15, 0.2) is 12.3 Å². The van der Waals surface area contributed by atoms with Crippen molar-refractivity contribution in [3.05, 3.63) is 18.0 Å². The number of aromatic nitrogens is 2. The minimum absolute atomic E-state index is 0.110. The number of hydrogen-bond donors (Lipinski definition) is 1. The monoisotopic (exact) mass is 179 g/mol. The molecular formula is C9H13N3O. The Bertz CT molecular complexity index is 311. The Labute approximate surface area is 77.4 Å². The molecule has 1 rings (SSSR count). The van der Waals surface area contributed by atoms with E-state index in [0.29, 0.717) is 5.69 Å². The average Bonchev–Trinajstić information content (AvgIpc) is 2.52. The zero-order valence-corrected chi connectivity index (χ0v) is 7.81. The zero-order chi connectivity index (χ0) is 9.84. The first kappa shape index (κ1) is 9.75. The summed E-state index contributed by atoms with van der Waals surface area (Å²) >= 11 is 0. The van der Waals surface area contributed by atoms with Crippen molar-refractivity contribution >= 4 is 0 Å². The second kappa shape index (κ2) is 4.06. The summed E-state index contributed by atoms with van der Waals surface area (Å²) in [5, 5.41) is 22.0. The summed E-state index contributed by atoms with van der Waals surface area (Å²) in [6, 6.07) is 3.88. The topological polar surface area (TPSA) is 61.8 Å². The zero-order valence-electron chi connectivity index (χ0n) is 7.81. The van der Waals surface area contributed by atoms with Gasteiger partial charge >= 0.3 is 0 Å². The predicted molar refractivity (Wildman–Crippen MR) is 47.8 cm³/mol. The van der Waals surface area contributed by atoms with Gasteiger partial charge in [0.25, 0.3) is 0 Å². The highest BCUT2D eigenvalue weighted by Crippen LogP contribution is 2.18. The van der Waals surface area contributed by atoms with Crippen LogP contribution in [0, 0.1) is 11.3 Å². The maximum atomic E-state index is 9.56. The summed E-state index contributed by atoms with van der Waals surface area (Å²) in [5.41, 5.74) is 0.705. The lowest BCUT2D eigenvalue weighted by Crippen LogP contribution is -2.10. The Morgan fingerprint density at radius 1 is 1.69 bits per heavy atom. The van der Waals surface area contributed by atoms with Crippen LogP contribution in [-0.2, 0) is 0 Å². The third-order valence-corrected chi connectivity index (χ3v) is 1.82. The van der Waals surface area contributed by atoms with E-state index in [4.69, 9.17) is 5.26 Å². The van der Waals surface area contributed by atoms with Gasteiger partial charge in [0.05, 0.1) is 18.2 Å². The van der Waals surface area contributed by atoms with E-state index in [2.05, 4.69) is 5.10 Å². The van der Waals surface area contributed by atoms with Gasteiger partial charge in [0.15, 0.2) is 0 Å². The summed E-state index contributed by atoms with van der Waals surface area (Å²) < 4.78 is 1.72. The van der Waals surface area contributed by atoms with Crippen LogP contribution in [0.4, 0.5) is 0 Å². The van der Waals surface area contributed by atoms with Crippen molar-refractivity contribution in [1.29, 1.82) is 5.26 Å². The molecule has 70 valence electrons. The fraction of sp³-hybridized carbons (Fsp3) is 0.556. The molecule has 1 aromatic heterocycles. The van der Waals surface area contributed by atoms with E-state index in [9.17, 15) is 5.11 Å². The molecule has 0 bridgehead atoms. The Hall–Kier alpha value is -1.34. The van der Waals surface area contributed by atoms with E-state index >= 15 is 0 Å². The highest BCUT2D eigenvalue weighted by atomic mass is 16.3. The number of aliphatic hydroxyl groups is 1. The molecule has 1 heterocycles. The van der Waals surface area contributed by atoms with Crippen LogP contribution in [0.3, 0.4) is 0 Å². The van der Waals surface area contributed by atoms with Gasteiger partial charge in [-0.05, 0) is 19.9 Å². The molecule has 0 amide bonds. The normalized spacial score (nSPS) is 12.8. The van der Waals surface area contributed by atoms with Crippen molar-refractivity contribution in [2.75, 3.05) is 0 Å². The van der Waals surface area contributed by atoms with Crippen molar-refractivity contribution in [3.63, 3.8) is 0 Å². The first-order chi connectivity index (χ1) is 6.16. The fourth-order valence-electron chi connectivity index (χ4n) is 1.21. The van der Waals surface area contributed by atoms with Crippen LogP contribution >= 0.6 is 0 Å². The summed E-state index contributed by atoms with van der Waals surface area (Å²) in [4.78, 5) is 0. The minimum Gasteiger partial charge on any atom is -0.386 e. The number of aliphatic hydroxyl groups excluding tert-OH is 1. The smallest absolute Gasteiger partial charge is 0.109 e. The number of rotatable bonds is 3. The molecule has 1 unspecified atom stereocenters. The predicted octanol–water partition coefficient (Wildman–Crippen LogP) is 1.41. The molecule has 0 radical (unpaired) electrons. The van der Waals surface area contributed by atoms with E-state index in [1.165, 1.54) is 0 Å². The van der Waals surface area contributed by atoms with Crippen LogP contribution in [0.2, 0.25) is 0 Å². The third-order valence-electron chi connectivity index (χ3n) is 1.82. The lowest BCUT2D eigenvalue weighted by molar-refractivity contribution is 0.169. The largest absolute Gasteiger partial charge is 0.386 e. The summed E-state index contributed by atoms with van der Waals surface area (Å²) in [7, 11) is 0. The van der Waals surface area contributed by atoms with Crippen LogP contribution in [-0.4, -0.2) is 14.9 Å². The number of nitrogens with zero attached hydrogens (tertiary/aromatic N) is 3. The Morgan fingerprint density at radius 2 is 2.38 bits per heavy atom. The molecule has 1 aromatic rings. The minimum atomic E-state index is -0.727. The van der Waals surface area contributed by atoms with Crippen LogP contribution < -0.4 is 0 Å². The molecule has 1 N–H and O–H groups in total. The molecule has 4 heteroatoms. The van der Waals surface area contributed by atoms with Gasteiger partial charge in [-0.1, -0.05) is 0 Å². The molecule has 0 aromatic carbocycles. The summed E-state index contributed by atoms with van der Waals surface area (Å²) in [5.74, 6) is 0. The van der Waals surface area contributed by atoms with Crippen molar-refractivity contribution < 1.29 is 5.11 Å². The average molecular weight is 179 g/mol. The lowest BCUT2D eigenvalue weighted by atomic mass is 10.2. The van der Waals surface area contributed by atoms with Gasteiger partial charge in [-0.2, -0.15) is 10.4 Å². The quantitative estimate of drug-likeness (QED) is 0.763. The molecule has 4 nitrogen and oxygen atoms in total. The maximum Gasteiger partial charge on any atom is 0.109 e. The SMILES string of the molecule is CC(C)n1nccc1C(O)CC#N. The van der Waals surface area contributed by atoms with Crippen LogP contribution in [0.1, 0.15) is 38.1 Å². The van der Waals surface area contributed by atoms with E-state index in [1.54, 1.807) is 16.9 Å². The van der Waals surface area contributed by atoms with Crippen LogP contribution in [0.25, 0.3) is 0 Å². The van der Waals surface area contributed by atoms with E-state index in [1.807, 2.05) is 19.9 Å². The number of nitriles is 1. The molecule has 0 aliphatic rings. The molecule has 0 aliphatic heterocycles. The van der Waals surface area contributed by atoms with Gasteiger partial charge in [0.1, 0.15) is 6.10 Å². The van der Waals surface area contributed by atoms with E-state index in [-0.39, 0.29) is 12.5 Å². The highest BCUT2D eigenvalue weighted by molar-refractivity contribution is 5.07. The Morgan fingerprint density at radius 3 is 2.92 bits per heavy atom. The van der Waals surface area contributed by atoms with Crippen molar-refractivity contribution in [3.8, 4) is 6.07 Å². The van der Waals surface area contributed by atoms with E-state index < -0.39 is 6.10 Å². The Kier molecular flexibility index (Phi) is 3.04. The summed E-state index contributed by atoms with van der Waals surface area (Å²) in [6.07, 6.45) is 1.02. The molecule has 0 saturated carbocycles. The van der Waals surface area contributed by atoms with Gasteiger partial charge in [-0.15, -0.1) is 0 Å². The summed E-state index contributed by atoms with van der Waals surface area (Å²) in [6.45, 7) is 3.96. The molecule has 0 aliphatic carbocycles. The molecule has 0 saturated heterocycles. The van der Waals surface area contributed by atoms with Crippen molar-refractivity contribution in [1.82, 2.24) is 9.78 Å². The Balaban J connectivity index is 2.88. The first-order valence-corrected chi connectivity index (χ1v) is 4.25. The molecule has 0 spiro atoms. The second-order valence-electron chi connectivity index (χ2n) is 3.17. The van der Waals surface area contributed by atoms with Gasteiger partial charge in [0.2, 0.25) is 0 Å². The second-order valence-corrected chi connectivity index (χ2v) is 3.17. The van der Waals surface area contributed by atoms with Crippen molar-refractivity contribution in [2.24, 2.45) is 0 Å². The molecule has 1 atom stereocenters. The standard InChI is InChI=1S/C9H13N3O/c1-7(2)12-8(4-6-11-12)9(13)3-5-10/h4,6-7,9,13H,3H2,1-2H3. The van der Waals surface area contributed by atoms with Crippen LogP contribution in [0.5, 0.6) is 0 Å².